The molecule has 0 heterocycles. The Morgan fingerprint density at radius 3 is 1.02 bits per heavy atom. The third-order valence-electron chi connectivity index (χ3n) is 15.4. The topological polar surface area (TPSA) is 237 Å². The van der Waals surface area contributed by atoms with E-state index in [1.165, 1.54) is 103 Å². The Balaban J connectivity index is 5.28. The van der Waals surface area contributed by atoms with Crippen molar-refractivity contribution in [3.8, 4) is 0 Å². The number of ether oxygens (including phenoxy) is 4. The van der Waals surface area contributed by atoms with Crippen molar-refractivity contribution >= 4 is 39.5 Å². The zero-order valence-electron chi connectivity index (χ0n) is 56.0. The number of rotatable bonds is 64. The van der Waals surface area contributed by atoms with Crippen LogP contribution in [-0.2, 0) is 65.4 Å². The highest BCUT2D eigenvalue weighted by molar-refractivity contribution is 7.47. The molecule has 4 unspecified atom stereocenters. The van der Waals surface area contributed by atoms with Crippen LogP contribution in [0.25, 0.3) is 0 Å². The molecule has 0 aromatic rings. The number of phosphoric acid groups is 2. The number of carbonyl (C=O) groups excluding carboxylic acids is 4. The maximum atomic E-state index is 13.0. The van der Waals surface area contributed by atoms with Crippen LogP contribution >= 0.6 is 15.6 Å². The van der Waals surface area contributed by atoms with Gasteiger partial charge in [-0.05, 0) is 69.1 Å². The van der Waals surface area contributed by atoms with Crippen LogP contribution in [0.1, 0.15) is 312 Å². The summed E-state index contributed by atoms with van der Waals surface area (Å²) in [5, 5.41) is 10.6. The molecule has 512 valence electrons. The van der Waals surface area contributed by atoms with Gasteiger partial charge in [0, 0.05) is 25.7 Å². The fourth-order valence-electron chi connectivity index (χ4n) is 9.61. The lowest BCUT2D eigenvalue weighted by Crippen LogP contribution is -2.30. The molecule has 0 bridgehead atoms. The second kappa shape index (κ2) is 58.6. The van der Waals surface area contributed by atoms with Gasteiger partial charge in [-0.2, -0.15) is 0 Å². The Hall–Kier alpha value is -2.46. The fraction of sp³-hybridized carbons (Fsp3) is 0.882. The van der Waals surface area contributed by atoms with Crippen molar-refractivity contribution in [1.29, 1.82) is 0 Å². The quantitative estimate of drug-likeness (QED) is 0.0169. The van der Waals surface area contributed by atoms with Crippen molar-refractivity contribution in [1.82, 2.24) is 0 Å². The highest BCUT2D eigenvalue weighted by atomic mass is 31.2. The first kappa shape index (κ1) is 84.5. The van der Waals surface area contributed by atoms with Gasteiger partial charge < -0.3 is 33.8 Å². The molecule has 0 aromatic heterocycles. The average Bonchev–Trinajstić information content (AvgIpc) is 3.70. The summed E-state index contributed by atoms with van der Waals surface area (Å²) in [7, 11) is -9.91. The first-order valence-corrected chi connectivity index (χ1v) is 37.7. The lowest BCUT2D eigenvalue weighted by atomic mass is 10.00. The van der Waals surface area contributed by atoms with Crippen molar-refractivity contribution in [2.24, 2.45) is 17.8 Å². The molecule has 0 aliphatic rings. The molecule has 0 rings (SSSR count). The van der Waals surface area contributed by atoms with Crippen LogP contribution in [0.3, 0.4) is 0 Å². The molecular weight excluding hydrogens is 1150 g/mol. The summed E-state index contributed by atoms with van der Waals surface area (Å²) >= 11 is 0. The SMILES string of the molecule is CCCCCC/C=C\C=C/CCCCCCCC(=O)O[C@H](COC(=O)CCCCCCCCCC(C)C)COP(=O)(O)OCC(O)COP(=O)(O)OC[C@@H](COC(=O)CCCCCCCCCCCC(C)C)OC(=O)CCCCCCCCC(C)CC. The molecule has 17 nitrogen and oxygen atoms in total. The molecule has 0 saturated carbocycles. The van der Waals surface area contributed by atoms with Crippen molar-refractivity contribution < 1.29 is 80.2 Å². The highest BCUT2D eigenvalue weighted by Gasteiger charge is 2.30. The third kappa shape index (κ3) is 60.9. The van der Waals surface area contributed by atoms with E-state index in [2.05, 4.69) is 72.8 Å². The minimum Gasteiger partial charge on any atom is -0.462 e. The molecular formula is C68H128O17P2. The molecule has 19 heteroatoms. The van der Waals surface area contributed by atoms with Crippen LogP contribution in [0.4, 0.5) is 0 Å². The van der Waals surface area contributed by atoms with E-state index in [-0.39, 0.29) is 25.7 Å². The number of hydrogen-bond donors (Lipinski definition) is 3. The van der Waals surface area contributed by atoms with Crippen LogP contribution in [0.15, 0.2) is 24.3 Å². The highest BCUT2D eigenvalue weighted by Crippen LogP contribution is 2.45. The molecule has 0 aliphatic heterocycles. The number of allylic oxidation sites excluding steroid dienone is 4. The zero-order chi connectivity index (χ0) is 64.5. The number of aliphatic hydroxyl groups is 1. The van der Waals surface area contributed by atoms with Gasteiger partial charge in [-0.25, -0.2) is 9.13 Å². The van der Waals surface area contributed by atoms with Gasteiger partial charge in [0.25, 0.3) is 0 Å². The molecule has 6 atom stereocenters. The Labute approximate surface area is 529 Å². The summed E-state index contributed by atoms with van der Waals surface area (Å²) in [4.78, 5) is 72.4. The summed E-state index contributed by atoms with van der Waals surface area (Å²) in [5.41, 5.74) is 0. The second-order valence-corrected chi connectivity index (χ2v) is 28.0. The van der Waals surface area contributed by atoms with Gasteiger partial charge in [0.15, 0.2) is 12.2 Å². The molecule has 0 radical (unpaired) electrons. The van der Waals surface area contributed by atoms with Gasteiger partial charge in [-0.3, -0.25) is 37.3 Å². The minimum absolute atomic E-state index is 0.0835. The Kier molecular flexibility index (Phi) is 57.0. The largest absolute Gasteiger partial charge is 0.472 e. The van der Waals surface area contributed by atoms with Crippen molar-refractivity contribution in [2.75, 3.05) is 39.6 Å². The maximum Gasteiger partial charge on any atom is 0.472 e. The lowest BCUT2D eigenvalue weighted by molar-refractivity contribution is -0.161. The van der Waals surface area contributed by atoms with E-state index in [9.17, 15) is 43.2 Å². The van der Waals surface area contributed by atoms with Crippen molar-refractivity contribution in [3.05, 3.63) is 24.3 Å². The number of esters is 4. The molecule has 87 heavy (non-hydrogen) atoms. The lowest BCUT2D eigenvalue weighted by Gasteiger charge is -2.21. The number of aliphatic hydroxyl groups excluding tert-OH is 1. The van der Waals surface area contributed by atoms with Gasteiger partial charge in [-0.15, -0.1) is 0 Å². The molecule has 3 N–H and O–H groups in total. The number of hydrogen-bond acceptors (Lipinski definition) is 15. The monoisotopic (exact) mass is 1280 g/mol. The third-order valence-corrected chi connectivity index (χ3v) is 17.3. The van der Waals surface area contributed by atoms with Gasteiger partial charge in [0.05, 0.1) is 26.4 Å². The van der Waals surface area contributed by atoms with E-state index < -0.39 is 97.5 Å². The van der Waals surface area contributed by atoms with E-state index in [1.807, 2.05) is 0 Å². The number of unbranched alkanes of at least 4 members (excludes halogenated alkanes) is 28. The maximum absolute atomic E-state index is 13.0. The Morgan fingerprint density at radius 1 is 0.379 bits per heavy atom. The first-order chi connectivity index (χ1) is 41.8. The fourth-order valence-corrected chi connectivity index (χ4v) is 11.2. The van der Waals surface area contributed by atoms with E-state index in [0.717, 1.165) is 121 Å². The summed E-state index contributed by atoms with van der Waals surface area (Å²) < 4.78 is 68.1. The Bertz CT molecular complexity index is 1810. The van der Waals surface area contributed by atoms with Crippen molar-refractivity contribution in [2.45, 2.75) is 330 Å². The Morgan fingerprint density at radius 2 is 0.678 bits per heavy atom. The van der Waals surface area contributed by atoms with E-state index in [1.54, 1.807) is 0 Å². The summed E-state index contributed by atoms with van der Waals surface area (Å²) in [6.45, 7) is 11.6. The van der Waals surface area contributed by atoms with Crippen LogP contribution < -0.4 is 0 Å². The average molecular weight is 1280 g/mol. The predicted molar refractivity (Wildman–Crippen MR) is 349 cm³/mol. The summed E-state index contributed by atoms with van der Waals surface area (Å²) in [6, 6.07) is 0. The van der Waals surface area contributed by atoms with E-state index in [0.29, 0.717) is 31.6 Å². The van der Waals surface area contributed by atoms with Crippen LogP contribution in [0.5, 0.6) is 0 Å². The number of phosphoric ester groups is 2. The minimum atomic E-state index is -4.96. The molecule has 0 saturated heterocycles. The van der Waals surface area contributed by atoms with Gasteiger partial charge in [0.1, 0.15) is 19.3 Å². The van der Waals surface area contributed by atoms with Gasteiger partial charge >= 0.3 is 39.5 Å². The molecule has 0 aromatic carbocycles. The predicted octanol–water partition coefficient (Wildman–Crippen LogP) is 18.6. The molecule has 0 aliphatic carbocycles. The smallest absolute Gasteiger partial charge is 0.462 e. The number of carbonyl (C=O) groups is 4. The standard InChI is InChI=1S/C68H128O17P2/c1-8-10-11-12-13-14-15-16-17-18-19-22-28-37-44-51-67(72)84-63(55-79-66(71)50-43-36-29-24-26-33-40-47-60(5)6)57-82-86(74,75)80-53-62(69)54-81-87(76,77)83-58-64(85-68(73)52-45-38-31-30-34-41-48-61(7)9-2)56-78-65(70)49-42-35-27-23-20-21-25-32-39-46-59(3)4/h14-17,59-64,69H,8-13,18-58H2,1-7H3,(H,74,75)(H,76,77)/b15-14-,17-16-/t61?,62?,63-,64-/m1/s1. The van der Waals surface area contributed by atoms with Crippen LogP contribution in [0, 0.1) is 17.8 Å². The normalized spacial score (nSPS) is 14.8. The summed E-state index contributed by atoms with van der Waals surface area (Å²) in [5.74, 6) is -0.00195. The van der Waals surface area contributed by atoms with Gasteiger partial charge in [-0.1, -0.05) is 259 Å². The second-order valence-electron chi connectivity index (χ2n) is 25.1. The van der Waals surface area contributed by atoms with Crippen LogP contribution in [0.2, 0.25) is 0 Å². The van der Waals surface area contributed by atoms with E-state index >= 15 is 0 Å². The molecule has 0 fully saturated rings. The van der Waals surface area contributed by atoms with Crippen molar-refractivity contribution in [3.63, 3.8) is 0 Å². The molecule has 0 spiro atoms. The van der Waals surface area contributed by atoms with E-state index in [4.69, 9.17) is 37.0 Å². The van der Waals surface area contributed by atoms with Gasteiger partial charge in [0.2, 0.25) is 0 Å². The molecule has 0 amide bonds. The van der Waals surface area contributed by atoms with Crippen LogP contribution in [-0.4, -0.2) is 96.7 Å². The summed E-state index contributed by atoms with van der Waals surface area (Å²) in [6.07, 6.45) is 44.0. The zero-order valence-corrected chi connectivity index (χ0v) is 57.7. The first-order valence-electron chi connectivity index (χ1n) is 34.7.